The van der Waals surface area contributed by atoms with Gasteiger partial charge in [0.25, 0.3) is 5.91 Å². The molecule has 3 heterocycles. The summed E-state index contributed by atoms with van der Waals surface area (Å²) in [5.74, 6) is 0.744. The van der Waals surface area contributed by atoms with Crippen LogP contribution in [0.5, 0.6) is 0 Å². The maximum atomic E-state index is 13.6. The normalized spacial score (nSPS) is 15.9. The number of primary amides is 1. The Bertz CT molecular complexity index is 1430. The van der Waals surface area contributed by atoms with E-state index in [1.54, 1.807) is 36.0 Å². The Balaban J connectivity index is 1.62. The van der Waals surface area contributed by atoms with Gasteiger partial charge in [-0.15, -0.1) is 11.6 Å². The molecule has 0 atom stereocenters. The minimum atomic E-state index is -0.517. The van der Waals surface area contributed by atoms with Gasteiger partial charge in [0.05, 0.1) is 18.6 Å². The maximum absolute atomic E-state index is 13.6. The summed E-state index contributed by atoms with van der Waals surface area (Å²) in [6.07, 6.45) is 0.482. The largest absolute Gasteiger partial charge is 0.366 e. The highest BCUT2D eigenvalue weighted by molar-refractivity contribution is 6.21. The monoisotopic (exact) mass is 523 g/mol. The molecule has 0 bridgehead atoms. The minimum absolute atomic E-state index is 0.245. The van der Waals surface area contributed by atoms with Gasteiger partial charge >= 0.3 is 0 Å². The van der Waals surface area contributed by atoms with E-state index in [2.05, 4.69) is 5.32 Å². The minimum Gasteiger partial charge on any atom is -0.366 e. The van der Waals surface area contributed by atoms with Gasteiger partial charge in [0.2, 0.25) is 11.9 Å². The molecular weight excluding hydrogens is 497 g/mol. The van der Waals surface area contributed by atoms with Gasteiger partial charge in [-0.1, -0.05) is 12.1 Å². The first kappa shape index (κ1) is 24.8. The van der Waals surface area contributed by atoms with Gasteiger partial charge < -0.3 is 11.1 Å². The molecular formula is C26H27ClFN7O2. The Labute approximate surface area is 218 Å². The lowest BCUT2D eigenvalue weighted by Gasteiger charge is -2.30. The molecule has 0 fully saturated rings. The number of aryl methyl sites for hydroxylation is 1. The summed E-state index contributed by atoms with van der Waals surface area (Å²) in [6.45, 7) is 4.87. The van der Waals surface area contributed by atoms with Crippen molar-refractivity contribution in [3.05, 3.63) is 70.5 Å². The molecule has 3 aromatic rings. The number of hydrogen-bond acceptors (Lipinski definition) is 6. The lowest BCUT2D eigenvalue weighted by Crippen LogP contribution is -2.48. The van der Waals surface area contributed by atoms with E-state index in [0.29, 0.717) is 59.8 Å². The molecule has 1 aromatic heterocycles. The van der Waals surface area contributed by atoms with Crippen LogP contribution in [0.1, 0.15) is 45.7 Å². The number of guanidine groups is 1. The maximum Gasteiger partial charge on any atom is 0.267 e. The number of halogens is 2. The Kier molecular flexibility index (Phi) is 6.15. The van der Waals surface area contributed by atoms with Crippen molar-refractivity contribution in [1.29, 1.82) is 0 Å². The standard InChI is InChI=1S/C26H27ClFN7O2/c1-26(2)14-34-23-20(24(37)33(3)25(34)31-26)22(30-18-7-5-17(28)6-8-18)35(32-23)13-15-4-9-19(21(29)36)16(12-15)10-11-27/h4-9,12,30H,10-11,13-14H2,1-3H3,(H2,29,36). The predicted molar refractivity (Wildman–Crippen MR) is 141 cm³/mol. The van der Waals surface area contributed by atoms with E-state index >= 15 is 0 Å². The highest BCUT2D eigenvalue weighted by Gasteiger charge is 2.45. The highest BCUT2D eigenvalue weighted by Crippen LogP contribution is 2.39. The molecule has 0 radical (unpaired) electrons. The third kappa shape index (κ3) is 4.53. The molecule has 0 saturated heterocycles. The van der Waals surface area contributed by atoms with Crippen LogP contribution in [-0.2, 0) is 13.0 Å². The molecule has 2 aliphatic heterocycles. The number of alkyl halides is 1. The number of hydrogen-bond donors (Lipinski definition) is 2. The Hall–Kier alpha value is -3.92. The Morgan fingerprint density at radius 3 is 2.62 bits per heavy atom. The van der Waals surface area contributed by atoms with Gasteiger partial charge in [0.1, 0.15) is 17.2 Å². The molecule has 37 heavy (non-hydrogen) atoms. The van der Waals surface area contributed by atoms with E-state index in [4.69, 9.17) is 27.4 Å². The SMILES string of the molecule is CN1C(=O)c2c(nn(Cc3ccc(C(N)=O)c(CCCl)c3)c2Nc2ccc(F)cc2)N2CC(C)(C)N=C12. The van der Waals surface area contributed by atoms with Crippen molar-refractivity contribution in [3.63, 3.8) is 0 Å². The van der Waals surface area contributed by atoms with E-state index in [9.17, 15) is 14.0 Å². The third-order valence-corrected chi connectivity index (χ3v) is 6.62. The second-order valence-electron chi connectivity index (χ2n) is 9.81. The van der Waals surface area contributed by atoms with Gasteiger partial charge in [-0.25, -0.2) is 14.1 Å². The number of nitrogens with zero attached hydrogens (tertiary/aromatic N) is 5. The number of benzene rings is 2. The van der Waals surface area contributed by atoms with Gasteiger partial charge in [-0.3, -0.25) is 19.4 Å². The number of carbonyl (C=O) groups is 2. The van der Waals surface area contributed by atoms with Crippen LogP contribution in [0.4, 0.5) is 21.7 Å². The number of nitrogens with two attached hydrogens (primary N) is 1. The summed E-state index contributed by atoms with van der Waals surface area (Å²) in [6, 6.07) is 11.3. The van der Waals surface area contributed by atoms with Crippen molar-refractivity contribution in [1.82, 2.24) is 14.7 Å². The van der Waals surface area contributed by atoms with Crippen molar-refractivity contribution >= 4 is 46.7 Å². The second-order valence-corrected chi connectivity index (χ2v) is 10.2. The highest BCUT2D eigenvalue weighted by atomic mass is 35.5. The average molecular weight is 524 g/mol. The zero-order valence-corrected chi connectivity index (χ0v) is 21.5. The summed E-state index contributed by atoms with van der Waals surface area (Å²) < 4.78 is 15.3. The van der Waals surface area contributed by atoms with Crippen LogP contribution in [-0.4, -0.2) is 57.5 Å². The van der Waals surface area contributed by atoms with Crippen molar-refractivity contribution < 1.29 is 14.0 Å². The lowest BCUT2D eigenvalue weighted by molar-refractivity contribution is 0.0866. The smallest absolute Gasteiger partial charge is 0.267 e. The summed E-state index contributed by atoms with van der Waals surface area (Å²) in [4.78, 5) is 33.6. The summed E-state index contributed by atoms with van der Waals surface area (Å²) in [7, 11) is 1.69. The van der Waals surface area contributed by atoms with Crippen molar-refractivity contribution in [2.24, 2.45) is 10.7 Å². The van der Waals surface area contributed by atoms with Crippen LogP contribution in [0.3, 0.4) is 0 Å². The van der Waals surface area contributed by atoms with Crippen LogP contribution in [0.15, 0.2) is 47.5 Å². The van der Waals surface area contributed by atoms with Gasteiger partial charge in [-0.2, -0.15) is 5.10 Å². The number of aromatic nitrogens is 2. The molecule has 2 aliphatic rings. The van der Waals surface area contributed by atoms with Crippen LogP contribution in [0.25, 0.3) is 0 Å². The van der Waals surface area contributed by atoms with Crippen molar-refractivity contribution in [2.75, 3.05) is 29.7 Å². The Morgan fingerprint density at radius 1 is 1.22 bits per heavy atom. The number of amides is 2. The lowest BCUT2D eigenvalue weighted by atomic mass is 10.0. The topological polar surface area (TPSA) is 109 Å². The molecule has 3 N–H and O–H groups in total. The molecule has 0 unspecified atom stereocenters. The van der Waals surface area contributed by atoms with E-state index in [1.165, 1.54) is 17.0 Å². The number of nitrogens with one attached hydrogen (secondary N) is 1. The van der Waals surface area contributed by atoms with Gasteiger partial charge in [0.15, 0.2) is 5.82 Å². The molecule has 0 saturated carbocycles. The molecule has 2 amide bonds. The summed E-state index contributed by atoms with van der Waals surface area (Å²) >= 11 is 5.96. The van der Waals surface area contributed by atoms with Crippen molar-refractivity contribution in [3.8, 4) is 0 Å². The average Bonchev–Trinajstić information content (AvgIpc) is 3.36. The van der Waals surface area contributed by atoms with Crippen LogP contribution >= 0.6 is 11.6 Å². The zero-order chi connectivity index (χ0) is 26.5. The number of carbonyl (C=O) groups excluding carboxylic acids is 2. The Morgan fingerprint density at radius 2 is 1.95 bits per heavy atom. The molecule has 192 valence electrons. The molecule has 0 aliphatic carbocycles. The predicted octanol–water partition coefficient (Wildman–Crippen LogP) is 3.73. The first-order valence-electron chi connectivity index (χ1n) is 11.8. The fraction of sp³-hybridized carbons (Fsp3) is 0.308. The van der Waals surface area contributed by atoms with Gasteiger partial charge in [-0.05, 0) is 61.7 Å². The third-order valence-electron chi connectivity index (χ3n) is 6.44. The number of aliphatic imine (C=N–C) groups is 1. The molecule has 5 rings (SSSR count). The quantitative estimate of drug-likeness (QED) is 0.459. The molecule has 0 spiro atoms. The fourth-order valence-electron chi connectivity index (χ4n) is 4.72. The molecule has 2 aromatic carbocycles. The van der Waals surface area contributed by atoms with Gasteiger partial charge in [0, 0.05) is 24.2 Å². The number of fused-ring (bicyclic) bond motifs is 3. The number of anilines is 3. The van der Waals surface area contributed by atoms with E-state index in [1.807, 2.05) is 24.8 Å². The number of rotatable bonds is 7. The summed E-state index contributed by atoms with van der Waals surface area (Å²) in [5.41, 5.74) is 8.18. The van der Waals surface area contributed by atoms with E-state index in [0.717, 1.165) is 11.1 Å². The van der Waals surface area contributed by atoms with Crippen LogP contribution in [0.2, 0.25) is 0 Å². The first-order valence-corrected chi connectivity index (χ1v) is 12.4. The van der Waals surface area contributed by atoms with Crippen LogP contribution in [0, 0.1) is 5.82 Å². The zero-order valence-electron chi connectivity index (χ0n) is 20.8. The van der Waals surface area contributed by atoms with E-state index in [-0.39, 0.29) is 17.3 Å². The first-order chi connectivity index (χ1) is 17.6. The van der Waals surface area contributed by atoms with Crippen LogP contribution < -0.4 is 16.0 Å². The van der Waals surface area contributed by atoms with Crippen molar-refractivity contribution in [2.45, 2.75) is 32.4 Å². The molecule has 11 heteroatoms. The van der Waals surface area contributed by atoms with E-state index < -0.39 is 5.91 Å². The second kappa shape index (κ2) is 9.19. The fourth-order valence-corrected chi connectivity index (χ4v) is 4.93. The summed E-state index contributed by atoms with van der Waals surface area (Å²) in [5, 5.41) is 8.12. The molecule has 9 nitrogen and oxygen atoms in total.